The topological polar surface area (TPSA) is 58.4 Å². The minimum Gasteiger partial charge on any atom is -0.351 e. The van der Waals surface area contributed by atoms with Crippen molar-refractivity contribution in [3.8, 4) is 0 Å². The molecular weight excluding hydrogens is 202 g/mol. The number of fused-ring (bicyclic) bond motifs is 1. The second kappa shape index (κ2) is 4.34. The zero-order chi connectivity index (χ0) is 11.8. The van der Waals surface area contributed by atoms with Crippen molar-refractivity contribution in [2.24, 2.45) is 11.1 Å². The number of carbonyl (C=O) groups excluding carboxylic acids is 1. The van der Waals surface area contributed by atoms with E-state index in [9.17, 15) is 4.79 Å². The van der Waals surface area contributed by atoms with Gasteiger partial charge in [-0.25, -0.2) is 0 Å². The summed E-state index contributed by atoms with van der Waals surface area (Å²) in [4.78, 5) is 14.5. The monoisotopic (exact) mass is 225 g/mol. The van der Waals surface area contributed by atoms with Crippen LogP contribution in [-0.4, -0.2) is 42.5 Å². The third kappa shape index (κ3) is 2.09. The van der Waals surface area contributed by atoms with Crippen LogP contribution in [-0.2, 0) is 4.79 Å². The number of hydrogen-bond acceptors (Lipinski definition) is 3. The number of amides is 1. The maximum Gasteiger partial charge on any atom is 0.227 e. The summed E-state index contributed by atoms with van der Waals surface area (Å²) in [6.45, 7) is 6.56. The lowest BCUT2D eigenvalue weighted by molar-refractivity contribution is -0.129. The van der Waals surface area contributed by atoms with Crippen LogP contribution >= 0.6 is 0 Å². The highest BCUT2D eigenvalue weighted by molar-refractivity contribution is 5.82. The summed E-state index contributed by atoms with van der Waals surface area (Å²) in [5.41, 5.74) is 5.18. The van der Waals surface area contributed by atoms with Crippen molar-refractivity contribution >= 4 is 5.91 Å². The Bertz CT molecular complexity index is 277. The molecule has 2 rings (SSSR count). The first-order chi connectivity index (χ1) is 7.54. The SMILES string of the molecule is CC(C)(CN)C(=O)NC1CCN2CCCC12. The predicted molar refractivity (Wildman–Crippen MR) is 64.0 cm³/mol. The summed E-state index contributed by atoms with van der Waals surface area (Å²) in [6, 6.07) is 0.929. The lowest BCUT2D eigenvalue weighted by Crippen LogP contribution is -2.49. The molecule has 2 unspecified atom stereocenters. The van der Waals surface area contributed by atoms with Crippen molar-refractivity contribution in [1.82, 2.24) is 10.2 Å². The van der Waals surface area contributed by atoms with Crippen LogP contribution in [0.5, 0.6) is 0 Å². The van der Waals surface area contributed by atoms with Gasteiger partial charge in [-0.3, -0.25) is 9.69 Å². The third-order valence-electron chi connectivity index (χ3n) is 4.05. The molecule has 2 aliphatic heterocycles. The first-order valence-corrected chi connectivity index (χ1v) is 6.30. The number of nitrogens with one attached hydrogen (secondary N) is 1. The summed E-state index contributed by atoms with van der Waals surface area (Å²) in [6.07, 6.45) is 3.60. The molecule has 0 aliphatic carbocycles. The van der Waals surface area contributed by atoms with Gasteiger partial charge in [0.1, 0.15) is 0 Å². The van der Waals surface area contributed by atoms with Gasteiger partial charge in [-0.05, 0) is 39.7 Å². The van der Waals surface area contributed by atoms with Crippen molar-refractivity contribution in [3.05, 3.63) is 0 Å². The van der Waals surface area contributed by atoms with Gasteiger partial charge in [0.2, 0.25) is 5.91 Å². The molecule has 0 saturated carbocycles. The first kappa shape index (κ1) is 11.9. The average molecular weight is 225 g/mol. The molecule has 4 nitrogen and oxygen atoms in total. The molecule has 2 heterocycles. The van der Waals surface area contributed by atoms with Crippen molar-refractivity contribution in [2.45, 2.75) is 45.2 Å². The molecule has 2 fully saturated rings. The predicted octanol–water partition coefficient (Wildman–Crippen LogP) is 0.324. The standard InChI is InChI=1S/C12H23N3O/c1-12(2,8-13)11(16)14-9-5-7-15-6-3-4-10(9)15/h9-10H,3-8,13H2,1-2H3,(H,14,16). The zero-order valence-corrected chi connectivity index (χ0v) is 10.3. The van der Waals surface area contributed by atoms with E-state index in [0.29, 0.717) is 18.6 Å². The fourth-order valence-electron chi connectivity index (χ4n) is 2.71. The molecule has 92 valence electrons. The van der Waals surface area contributed by atoms with Crippen LogP contribution in [0.1, 0.15) is 33.1 Å². The Kier molecular flexibility index (Phi) is 3.22. The highest BCUT2D eigenvalue weighted by atomic mass is 16.2. The molecule has 2 atom stereocenters. The van der Waals surface area contributed by atoms with Gasteiger partial charge < -0.3 is 11.1 Å². The van der Waals surface area contributed by atoms with E-state index in [2.05, 4.69) is 10.2 Å². The second-order valence-corrected chi connectivity index (χ2v) is 5.70. The number of hydrogen-bond donors (Lipinski definition) is 2. The first-order valence-electron chi connectivity index (χ1n) is 6.30. The fraction of sp³-hybridized carbons (Fsp3) is 0.917. The van der Waals surface area contributed by atoms with E-state index in [4.69, 9.17) is 5.73 Å². The number of carbonyl (C=O) groups is 1. The molecule has 0 aromatic rings. The minimum atomic E-state index is -0.438. The Labute approximate surface area is 97.6 Å². The van der Waals surface area contributed by atoms with Gasteiger partial charge in [0.25, 0.3) is 0 Å². The van der Waals surface area contributed by atoms with E-state index in [0.717, 1.165) is 13.0 Å². The molecular formula is C12H23N3O. The third-order valence-corrected chi connectivity index (χ3v) is 4.05. The van der Waals surface area contributed by atoms with E-state index >= 15 is 0 Å². The Morgan fingerprint density at radius 2 is 2.19 bits per heavy atom. The molecule has 2 saturated heterocycles. The van der Waals surface area contributed by atoms with Crippen LogP contribution in [0.4, 0.5) is 0 Å². The Morgan fingerprint density at radius 3 is 2.88 bits per heavy atom. The number of nitrogens with two attached hydrogens (primary N) is 1. The molecule has 0 bridgehead atoms. The van der Waals surface area contributed by atoms with Crippen molar-refractivity contribution in [3.63, 3.8) is 0 Å². The Balaban J connectivity index is 1.93. The van der Waals surface area contributed by atoms with Crippen molar-refractivity contribution in [2.75, 3.05) is 19.6 Å². The van der Waals surface area contributed by atoms with E-state index in [-0.39, 0.29) is 5.91 Å². The minimum absolute atomic E-state index is 0.105. The van der Waals surface area contributed by atoms with Crippen LogP contribution in [0, 0.1) is 5.41 Å². The summed E-state index contributed by atoms with van der Waals surface area (Å²) in [5.74, 6) is 0.105. The van der Waals surface area contributed by atoms with Crippen molar-refractivity contribution < 1.29 is 4.79 Å². The highest BCUT2D eigenvalue weighted by Crippen LogP contribution is 2.28. The van der Waals surface area contributed by atoms with Crippen LogP contribution in [0.15, 0.2) is 0 Å². The molecule has 0 aromatic heterocycles. The second-order valence-electron chi connectivity index (χ2n) is 5.70. The van der Waals surface area contributed by atoms with Gasteiger partial charge in [0.05, 0.1) is 5.41 Å². The molecule has 1 amide bonds. The van der Waals surface area contributed by atoms with Gasteiger partial charge in [0, 0.05) is 25.2 Å². The summed E-state index contributed by atoms with van der Waals surface area (Å²) < 4.78 is 0. The smallest absolute Gasteiger partial charge is 0.227 e. The van der Waals surface area contributed by atoms with Gasteiger partial charge in [-0.2, -0.15) is 0 Å². The quantitative estimate of drug-likeness (QED) is 0.727. The Morgan fingerprint density at radius 1 is 1.44 bits per heavy atom. The molecule has 16 heavy (non-hydrogen) atoms. The lowest BCUT2D eigenvalue weighted by atomic mass is 9.91. The van der Waals surface area contributed by atoms with Gasteiger partial charge in [0.15, 0.2) is 0 Å². The molecule has 0 aromatic carbocycles. The largest absolute Gasteiger partial charge is 0.351 e. The van der Waals surface area contributed by atoms with Crippen LogP contribution in [0.3, 0.4) is 0 Å². The maximum absolute atomic E-state index is 12.0. The van der Waals surface area contributed by atoms with Gasteiger partial charge in [-0.15, -0.1) is 0 Å². The summed E-state index contributed by atoms with van der Waals surface area (Å²) >= 11 is 0. The normalized spacial score (nSPS) is 30.4. The van der Waals surface area contributed by atoms with Crippen LogP contribution < -0.4 is 11.1 Å². The molecule has 3 N–H and O–H groups in total. The van der Waals surface area contributed by atoms with Crippen LogP contribution in [0.2, 0.25) is 0 Å². The number of rotatable bonds is 3. The van der Waals surface area contributed by atoms with Crippen molar-refractivity contribution in [1.29, 1.82) is 0 Å². The summed E-state index contributed by atoms with van der Waals surface area (Å²) in [5, 5.41) is 3.18. The van der Waals surface area contributed by atoms with Gasteiger partial charge in [-0.1, -0.05) is 0 Å². The average Bonchev–Trinajstić information content (AvgIpc) is 2.82. The van der Waals surface area contributed by atoms with Gasteiger partial charge >= 0.3 is 0 Å². The van der Waals surface area contributed by atoms with E-state index < -0.39 is 5.41 Å². The molecule has 0 radical (unpaired) electrons. The molecule has 2 aliphatic rings. The number of nitrogens with zero attached hydrogens (tertiary/aromatic N) is 1. The van der Waals surface area contributed by atoms with E-state index in [1.807, 2.05) is 13.8 Å². The maximum atomic E-state index is 12.0. The highest BCUT2D eigenvalue weighted by Gasteiger charge is 2.39. The fourth-order valence-corrected chi connectivity index (χ4v) is 2.71. The Hall–Kier alpha value is -0.610. The molecule has 0 spiro atoms. The van der Waals surface area contributed by atoms with Crippen LogP contribution in [0.25, 0.3) is 0 Å². The summed E-state index contributed by atoms with van der Waals surface area (Å²) in [7, 11) is 0. The lowest BCUT2D eigenvalue weighted by Gasteiger charge is -2.27. The van der Waals surface area contributed by atoms with E-state index in [1.165, 1.54) is 19.4 Å². The zero-order valence-electron chi connectivity index (χ0n) is 10.3. The van der Waals surface area contributed by atoms with E-state index in [1.54, 1.807) is 0 Å². The molecule has 4 heteroatoms.